The first-order valence-corrected chi connectivity index (χ1v) is 4.35. The molecule has 0 radical (unpaired) electrons. The fraction of sp³-hybridized carbons (Fsp3) is 1.00. The second-order valence-corrected chi connectivity index (χ2v) is 3.96. The van der Waals surface area contributed by atoms with E-state index in [2.05, 4.69) is 6.92 Å². The van der Waals surface area contributed by atoms with Crippen molar-refractivity contribution in [2.24, 2.45) is 5.73 Å². The van der Waals surface area contributed by atoms with Crippen LogP contribution >= 0.6 is 11.6 Å². The van der Waals surface area contributed by atoms with Gasteiger partial charge in [-0.3, -0.25) is 0 Å². The monoisotopic (exact) mass is 163 g/mol. The largest absolute Gasteiger partial charge is 0.324 e. The summed E-state index contributed by atoms with van der Waals surface area (Å²) < 4.78 is 0. The molecule has 1 atom stereocenters. The highest BCUT2D eigenvalue weighted by Crippen LogP contribution is 2.18. The Balaban J connectivity index is 3.52. The molecule has 0 unspecified atom stereocenters. The van der Waals surface area contributed by atoms with Crippen LogP contribution in [0.4, 0.5) is 0 Å². The standard InChI is InChI=1S/C8H18ClN/c1-4-5-6-7(9)8(2,3)10/h7H,4-6,10H2,1-3H3/t7-/m1/s1. The third kappa shape index (κ3) is 4.13. The van der Waals surface area contributed by atoms with Crippen molar-refractivity contribution >= 4 is 11.6 Å². The van der Waals surface area contributed by atoms with Gasteiger partial charge in [0.15, 0.2) is 0 Å². The minimum Gasteiger partial charge on any atom is -0.324 e. The van der Waals surface area contributed by atoms with Gasteiger partial charge in [0.1, 0.15) is 0 Å². The maximum absolute atomic E-state index is 6.01. The van der Waals surface area contributed by atoms with Gasteiger partial charge in [0.2, 0.25) is 0 Å². The molecule has 2 heteroatoms. The van der Waals surface area contributed by atoms with Crippen molar-refractivity contribution in [1.82, 2.24) is 0 Å². The average molecular weight is 164 g/mol. The van der Waals surface area contributed by atoms with E-state index in [4.69, 9.17) is 17.3 Å². The van der Waals surface area contributed by atoms with E-state index in [1.165, 1.54) is 12.8 Å². The molecular formula is C8H18ClN. The van der Waals surface area contributed by atoms with Crippen LogP contribution in [0.2, 0.25) is 0 Å². The van der Waals surface area contributed by atoms with Crippen LogP contribution in [0.5, 0.6) is 0 Å². The van der Waals surface area contributed by atoms with Gasteiger partial charge in [0.05, 0.1) is 5.38 Å². The summed E-state index contributed by atoms with van der Waals surface area (Å²) in [5.41, 5.74) is 5.56. The van der Waals surface area contributed by atoms with Crippen molar-refractivity contribution < 1.29 is 0 Å². The molecule has 0 saturated carbocycles. The number of alkyl halides is 1. The van der Waals surface area contributed by atoms with Crippen LogP contribution in [0.25, 0.3) is 0 Å². The van der Waals surface area contributed by atoms with Crippen LogP contribution in [0.3, 0.4) is 0 Å². The molecule has 0 fully saturated rings. The first kappa shape index (κ1) is 10.2. The summed E-state index contributed by atoms with van der Waals surface area (Å²) in [5, 5.41) is 0.118. The molecular weight excluding hydrogens is 146 g/mol. The maximum Gasteiger partial charge on any atom is 0.0510 e. The van der Waals surface area contributed by atoms with Crippen LogP contribution in [-0.2, 0) is 0 Å². The van der Waals surface area contributed by atoms with E-state index in [0.29, 0.717) is 0 Å². The molecule has 62 valence electrons. The molecule has 0 aromatic rings. The topological polar surface area (TPSA) is 26.0 Å². The molecule has 0 heterocycles. The normalized spacial score (nSPS) is 15.3. The van der Waals surface area contributed by atoms with Gasteiger partial charge < -0.3 is 5.73 Å². The number of unbranched alkanes of at least 4 members (excludes halogenated alkanes) is 1. The maximum atomic E-state index is 6.01. The van der Waals surface area contributed by atoms with E-state index in [1.807, 2.05) is 13.8 Å². The molecule has 0 aliphatic heterocycles. The zero-order valence-corrected chi connectivity index (χ0v) is 7.91. The number of hydrogen-bond acceptors (Lipinski definition) is 1. The van der Waals surface area contributed by atoms with E-state index in [9.17, 15) is 0 Å². The minimum atomic E-state index is -0.225. The van der Waals surface area contributed by atoms with Gasteiger partial charge >= 0.3 is 0 Å². The van der Waals surface area contributed by atoms with Crippen LogP contribution in [0.1, 0.15) is 40.0 Å². The summed E-state index contributed by atoms with van der Waals surface area (Å²) in [6, 6.07) is 0. The molecule has 0 aliphatic rings. The Hall–Kier alpha value is 0.250. The summed E-state index contributed by atoms with van der Waals surface area (Å²) in [7, 11) is 0. The molecule has 0 saturated heterocycles. The zero-order chi connectivity index (χ0) is 8.20. The molecule has 0 aromatic carbocycles. The van der Waals surface area contributed by atoms with E-state index in [-0.39, 0.29) is 10.9 Å². The second-order valence-electron chi connectivity index (χ2n) is 3.43. The lowest BCUT2D eigenvalue weighted by Gasteiger charge is -2.24. The van der Waals surface area contributed by atoms with Gasteiger partial charge in [-0.05, 0) is 20.3 Å². The number of rotatable bonds is 4. The van der Waals surface area contributed by atoms with Gasteiger partial charge in [-0.15, -0.1) is 11.6 Å². The van der Waals surface area contributed by atoms with E-state index in [0.717, 1.165) is 6.42 Å². The highest BCUT2D eigenvalue weighted by atomic mass is 35.5. The average Bonchev–Trinajstić information content (AvgIpc) is 1.80. The molecule has 2 N–H and O–H groups in total. The fourth-order valence-corrected chi connectivity index (χ4v) is 0.910. The van der Waals surface area contributed by atoms with Crippen molar-refractivity contribution in [1.29, 1.82) is 0 Å². The van der Waals surface area contributed by atoms with Gasteiger partial charge in [-0.1, -0.05) is 19.8 Å². The van der Waals surface area contributed by atoms with Crippen molar-refractivity contribution in [2.45, 2.75) is 50.9 Å². The van der Waals surface area contributed by atoms with Crippen LogP contribution in [0, 0.1) is 0 Å². The van der Waals surface area contributed by atoms with Crippen molar-refractivity contribution in [3.8, 4) is 0 Å². The van der Waals surface area contributed by atoms with E-state index in [1.54, 1.807) is 0 Å². The summed E-state index contributed by atoms with van der Waals surface area (Å²) in [6.07, 6.45) is 3.40. The van der Waals surface area contributed by atoms with E-state index < -0.39 is 0 Å². The lowest BCUT2D eigenvalue weighted by molar-refractivity contribution is 0.457. The molecule has 0 spiro atoms. The Morgan fingerprint density at radius 2 is 2.00 bits per heavy atom. The smallest absolute Gasteiger partial charge is 0.0510 e. The lowest BCUT2D eigenvalue weighted by atomic mass is 9.98. The third-order valence-corrected chi connectivity index (χ3v) is 2.40. The second kappa shape index (κ2) is 4.20. The Kier molecular flexibility index (Phi) is 4.30. The molecule has 0 aromatic heterocycles. The van der Waals surface area contributed by atoms with Crippen molar-refractivity contribution in [3.05, 3.63) is 0 Å². The predicted molar refractivity (Wildman–Crippen MR) is 47.4 cm³/mol. The quantitative estimate of drug-likeness (QED) is 0.634. The SMILES string of the molecule is CCCC[C@@H](Cl)C(C)(C)N. The minimum absolute atomic E-state index is 0.118. The Labute approximate surface area is 68.9 Å². The number of hydrogen-bond donors (Lipinski definition) is 1. The molecule has 0 bridgehead atoms. The number of nitrogens with two attached hydrogens (primary N) is 1. The number of halogens is 1. The highest BCUT2D eigenvalue weighted by molar-refractivity contribution is 6.21. The molecule has 0 amide bonds. The van der Waals surface area contributed by atoms with Crippen molar-refractivity contribution in [2.75, 3.05) is 0 Å². The van der Waals surface area contributed by atoms with Crippen LogP contribution in [-0.4, -0.2) is 10.9 Å². The molecule has 1 nitrogen and oxygen atoms in total. The zero-order valence-electron chi connectivity index (χ0n) is 7.15. The first-order chi connectivity index (χ1) is 4.48. The summed E-state index contributed by atoms with van der Waals surface area (Å²) in [4.78, 5) is 0. The van der Waals surface area contributed by atoms with Crippen molar-refractivity contribution in [3.63, 3.8) is 0 Å². The Morgan fingerprint density at radius 3 is 2.30 bits per heavy atom. The van der Waals surface area contributed by atoms with Crippen LogP contribution < -0.4 is 5.73 Å². The van der Waals surface area contributed by atoms with Gasteiger partial charge in [0.25, 0.3) is 0 Å². The molecule has 0 rings (SSSR count). The fourth-order valence-electron chi connectivity index (χ4n) is 0.755. The summed E-state index contributed by atoms with van der Waals surface area (Å²) in [5.74, 6) is 0. The van der Waals surface area contributed by atoms with Gasteiger partial charge in [0, 0.05) is 5.54 Å². The van der Waals surface area contributed by atoms with Crippen LogP contribution in [0.15, 0.2) is 0 Å². The lowest BCUT2D eigenvalue weighted by Crippen LogP contribution is -2.41. The summed E-state index contributed by atoms with van der Waals surface area (Å²) >= 11 is 6.01. The van der Waals surface area contributed by atoms with E-state index >= 15 is 0 Å². The van der Waals surface area contributed by atoms with Gasteiger partial charge in [-0.25, -0.2) is 0 Å². The molecule has 10 heavy (non-hydrogen) atoms. The first-order valence-electron chi connectivity index (χ1n) is 3.91. The molecule has 0 aliphatic carbocycles. The summed E-state index contributed by atoms with van der Waals surface area (Å²) in [6.45, 7) is 6.10. The predicted octanol–water partition coefficient (Wildman–Crippen LogP) is 2.52. The Morgan fingerprint density at radius 1 is 1.50 bits per heavy atom. The van der Waals surface area contributed by atoms with Gasteiger partial charge in [-0.2, -0.15) is 0 Å². The Bertz CT molecular complexity index is 85.7. The third-order valence-electron chi connectivity index (χ3n) is 1.62. The highest BCUT2D eigenvalue weighted by Gasteiger charge is 2.21.